The molecule has 3 unspecified atom stereocenters. The summed E-state index contributed by atoms with van der Waals surface area (Å²) in [5.74, 6) is -1.10. The molecule has 5 heteroatoms. The highest BCUT2D eigenvalue weighted by Gasteiger charge is 2.33. The fourth-order valence-electron chi connectivity index (χ4n) is 4.41. The van der Waals surface area contributed by atoms with Gasteiger partial charge >= 0.3 is 5.97 Å². The molecule has 0 bridgehead atoms. The molecular formula is C27H39O4P. The van der Waals surface area contributed by atoms with E-state index in [0.29, 0.717) is 21.1 Å². The van der Waals surface area contributed by atoms with Crippen LogP contribution in [0.5, 0.6) is 0 Å². The van der Waals surface area contributed by atoms with Crippen LogP contribution >= 0.6 is 9.12 Å². The van der Waals surface area contributed by atoms with Gasteiger partial charge in [-0.2, -0.15) is 0 Å². The number of ketones is 1. The standard InChI is InChI=1S/C27H36O3.H3OP/c1-18-13-20(3)24(21(4)14-18)25(28)23(15-19(2)16-27(5,6)7)26(29)30-17-22-11-9-8-10-12-22;1-2/h8-14,19,23H,15-17H2,1-7H3;2H3. The van der Waals surface area contributed by atoms with Crippen LogP contribution in [0.2, 0.25) is 0 Å². The predicted molar refractivity (Wildman–Crippen MR) is 134 cm³/mol. The van der Waals surface area contributed by atoms with E-state index in [9.17, 15) is 9.59 Å². The molecule has 0 spiro atoms. The maximum atomic E-state index is 13.6. The number of rotatable bonds is 8. The number of hydrogen-bond donors (Lipinski definition) is 0. The van der Waals surface area contributed by atoms with Gasteiger partial charge in [0.25, 0.3) is 0 Å². The van der Waals surface area contributed by atoms with Crippen molar-refractivity contribution < 1.29 is 18.9 Å². The van der Waals surface area contributed by atoms with Crippen molar-refractivity contribution in [1.82, 2.24) is 0 Å². The molecule has 176 valence electrons. The Morgan fingerprint density at radius 1 is 0.969 bits per heavy atom. The number of ether oxygens (including phenoxy) is 1. The van der Waals surface area contributed by atoms with E-state index in [0.717, 1.165) is 28.7 Å². The van der Waals surface area contributed by atoms with Gasteiger partial charge in [-0.1, -0.05) is 75.7 Å². The number of hydrogen-bond acceptors (Lipinski definition) is 4. The summed E-state index contributed by atoms with van der Waals surface area (Å²) in [5.41, 5.74) is 4.67. The Kier molecular flexibility index (Phi) is 11.1. The SMILES string of the molecule is Cc1cc(C)c(C(=O)C(CC(C)CC(C)(C)C)C(=O)OCc2ccccc2)c(C)c1.O=[PH3]. The third kappa shape index (κ3) is 8.74. The third-order valence-electron chi connectivity index (χ3n) is 5.35. The van der Waals surface area contributed by atoms with Gasteiger partial charge in [-0.25, -0.2) is 0 Å². The lowest BCUT2D eigenvalue weighted by atomic mass is 9.79. The highest BCUT2D eigenvalue weighted by Crippen LogP contribution is 2.31. The van der Waals surface area contributed by atoms with E-state index in [-0.39, 0.29) is 23.7 Å². The van der Waals surface area contributed by atoms with Crippen molar-refractivity contribution in [2.45, 2.75) is 67.9 Å². The molecule has 2 rings (SSSR count). The summed E-state index contributed by atoms with van der Waals surface area (Å²) < 4.78 is 13.9. The Labute approximate surface area is 195 Å². The quantitative estimate of drug-likeness (QED) is 0.195. The van der Waals surface area contributed by atoms with Gasteiger partial charge in [0.1, 0.15) is 12.5 Å². The van der Waals surface area contributed by atoms with Crippen molar-refractivity contribution in [3.63, 3.8) is 0 Å². The molecule has 32 heavy (non-hydrogen) atoms. The molecule has 0 saturated heterocycles. The number of esters is 1. The topological polar surface area (TPSA) is 60.4 Å². The Balaban J connectivity index is 0.00000249. The van der Waals surface area contributed by atoms with Gasteiger partial charge in [0, 0.05) is 5.56 Å². The molecular weight excluding hydrogens is 419 g/mol. The zero-order valence-corrected chi connectivity index (χ0v) is 22.1. The molecule has 0 N–H and O–H groups in total. The minimum atomic E-state index is -0.786. The van der Waals surface area contributed by atoms with Gasteiger partial charge in [-0.15, -0.1) is 0 Å². The zero-order valence-electron chi connectivity index (χ0n) is 20.7. The molecule has 0 fully saturated rings. The van der Waals surface area contributed by atoms with E-state index in [1.807, 2.05) is 63.2 Å². The van der Waals surface area contributed by atoms with Gasteiger partial charge in [-0.05, 0) is 61.6 Å². The minimum Gasteiger partial charge on any atom is -0.460 e. The van der Waals surface area contributed by atoms with Crippen LogP contribution in [-0.4, -0.2) is 11.8 Å². The van der Waals surface area contributed by atoms with Gasteiger partial charge in [0.2, 0.25) is 0 Å². The molecule has 0 amide bonds. The second-order valence-electron chi connectivity index (χ2n) is 9.89. The molecule has 4 nitrogen and oxygen atoms in total. The largest absolute Gasteiger partial charge is 0.460 e. The average Bonchev–Trinajstić information content (AvgIpc) is 2.70. The first kappa shape index (κ1) is 27.8. The Morgan fingerprint density at radius 3 is 2.00 bits per heavy atom. The molecule has 2 aromatic rings. The Hall–Kier alpha value is -2.19. The van der Waals surface area contributed by atoms with Crippen molar-refractivity contribution in [3.05, 3.63) is 70.3 Å². The zero-order chi connectivity index (χ0) is 24.5. The first-order valence-electron chi connectivity index (χ1n) is 11.1. The molecule has 0 aliphatic rings. The molecule has 2 aromatic carbocycles. The molecule has 0 aliphatic carbocycles. The van der Waals surface area contributed by atoms with E-state index in [2.05, 4.69) is 27.7 Å². The Morgan fingerprint density at radius 2 is 1.50 bits per heavy atom. The van der Waals surface area contributed by atoms with Crippen LogP contribution in [0.3, 0.4) is 0 Å². The minimum absolute atomic E-state index is 0.121. The number of benzene rings is 2. The number of carbonyl (C=O) groups is 2. The van der Waals surface area contributed by atoms with Crippen molar-refractivity contribution in [2.24, 2.45) is 17.3 Å². The summed E-state index contributed by atoms with van der Waals surface area (Å²) >= 11 is 0. The van der Waals surface area contributed by atoms with Crippen LogP contribution in [0.4, 0.5) is 0 Å². The second-order valence-corrected chi connectivity index (χ2v) is 9.89. The van der Waals surface area contributed by atoms with Crippen molar-refractivity contribution in [2.75, 3.05) is 0 Å². The highest BCUT2D eigenvalue weighted by molar-refractivity contribution is 7.00. The first-order valence-corrected chi connectivity index (χ1v) is 11.7. The summed E-state index contributed by atoms with van der Waals surface area (Å²) in [4.78, 5) is 26.6. The fourth-order valence-corrected chi connectivity index (χ4v) is 4.41. The van der Waals surface area contributed by atoms with E-state index in [1.165, 1.54) is 0 Å². The predicted octanol–water partition coefficient (Wildman–Crippen LogP) is 6.56. The number of Topliss-reactive ketones (excluding diaryl/α,β-unsaturated/α-hetero) is 1. The van der Waals surface area contributed by atoms with Crippen LogP contribution in [-0.2, 0) is 20.7 Å². The summed E-state index contributed by atoms with van der Waals surface area (Å²) in [6.45, 7) is 14.8. The van der Waals surface area contributed by atoms with Crippen molar-refractivity contribution in [1.29, 1.82) is 0 Å². The van der Waals surface area contributed by atoms with Crippen molar-refractivity contribution in [3.8, 4) is 0 Å². The highest BCUT2D eigenvalue weighted by atomic mass is 31.0. The molecule has 0 aromatic heterocycles. The molecule has 0 radical (unpaired) electrons. The van der Waals surface area contributed by atoms with Crippen LogP contribution in [0.15, 0.2) is 42.5 Å². The first-order chi connectivity index (χ1) is 15.0. The average molecular weight is 459 g/mol. The summed E-state index contributed by atoms with van der Waals surface area (Å²) in [5, 5.41) is 0. The van der Waals surface area contributed by atoms with E-state index < -0.39 is 11.9 Å². The monoisotopic (exact) mass is 458 g/mol. The number of aryl methyl sites for hydroxylation is 3. The van der Waals surface area contributed by atoms with Crippen LogP contribution in [0, 0.1) is 38.0 Å². The third-order valence-corrected chi connectivity index (χ3v) is 5.35. The van der Waals surface area contributed by atoms with Crippen LogP contribution < -0.4 is 0 Å². The lowest BCUT2D eigenvalue weighted by Crippen LogP contribution is -2.30. The van der Waals surface area contributed by atoms with Gasteiger partial charge in [0.15, 0.2) is 5.78 Å². The van der Waals surface area contributed by atoms with E-state index in [1.54, 1.807) is 0 Å². The van der Waals surface area contributed by atoms with Gasteiger partial charge in [0.05, 0.1) is 9.12 Å². The maximum absolute atomic E-state index is 13.6. The van der Waals surface area contributed by atoms with Crippen molar-refractivity contribution >= 4 is 20.9 Å². The number of carbonyl (C=O) groups excluding carboxylic acids is 2. The lowest BCUT2D eigenvalue weighted by molar-refractivity contribution is -0.148. The van der Waals surface area contributed by atoms with E-state index >= 15 is 0 Å². The molecule has 0 aliphatic heterocycles. The normalized spacial score (nSPS) is 13.0. The Bertz CT molecular complexity index is 877. The maximum Gasteiger partial charge on any atom is 0.317 e. The fraction of sp³-hybridized carbons (Fsp3) is 0.481. The second kappa shape index (κ2) is 12.7. The van der Waals surface area contributed by atoms with Gasteiger partial charge in [-0.3, -0.25) is 9.59 Å². The molecule has 0 saturated carbocycles. The van der Waals surface area contributed by atoms with E-state index in [4.69, 9.17) is 9.30 Å². The van der Waals surface area contributed by atoms with Crippen LogP contribution in [0.25, 0.3) is 0 Å². The lowest BCUT2D eigenvalue weighted by Gasteiger charge is -2.26. The summed E-state index contributed by atoms with van der Waals surface area (Å²) in [6.07, 6.45) is 1.44. The van der Waals surface area contributed by atoms with Gasteiger partial charge < -0.3 is 9.30 Å². The smallest absolute Gasteiger partial charge is 0.317 e. The molecule has 0 heterocycles. The van der Waals surface area contributed by atoms with Crippen LogP contribution in [0.1, 0.15) is 73.1 Å². The summed E-state index contributed by atoms with van der Waals surface area (Å²) in [7, 11) is 0.611. The molecule has 3 atom stereocenters. The summed E-state index contributed by atoms with van der Waals surface area (Å²) in [6, 6.07) is 13.6.